The van der Waals surface area contributed by atoms with Gasteiger partial charge in [0.25, 0.3) is 11.5 Å². The van der Waals surface area contributed by atoms with Crippen molar-refractivity contribution < 1.29 is 4.79 Å². The molecule has 0 unspecified atom stereocenters. The van der Waals surface area contributed by atoms with Gasteiger partial charge in [0.15, 0.2) is 5.16 Å². The third-order valence-corrected chi connectivity index (χ3v) is 4.02. The molecule has 7 heteroatoms. The van der Waals surface area contributed by atoms with Crippen molar-refractivity contribution in [1.82, 2.24) is 9.55 Å². The molecule has 1 aromatic carbocycles. The van der Waals surface area contributed by atoms with Crippen LogP contribution in [0.4, 0.5) is 5.69 Å². The number of benzene rings is 1. The van der Waals surface area contributed by atoms with Gasteiger partial charge in [0.1, 0.15) is 5.56 Å². The molecule has 2 heterocycles. The Hall–Kier alpha value is -2.59. The van der Waals surface area contributed by atoms with E-state index in [1.807, 2.05) is 6.07 Å². The van der Waals surface area contributed by atoms with Gasteiger partial charge in [0, 0.05) is 24.2 Å². The molecule has 0 bridgehead atoms. The van der Waals surface area contributed by atoms with Crippen LogP contribution in [0.5, 0.6) is 0 Å². The van der Waals surface area contributed by atoms with Gasteiger partial charge < -0.3 is 5.32 Å². The molecule has 0 spiro atoms. The van der Waals surface area contributed by atoms with E-state index in [1.165, 1.54) is 22.5 Å². The summed E-state index contributed by atoms with van der Waals surface area (Å²) in [5.74, 6) is 0.271. The van der Waals surface area contributed by atoms with Crippen LogP contribution in [-0.2, 0) is 6.54 Å². The van der Waals surface area contributed by atoms with Gasteiger partial charge in [0.2, 0.25) is 0 Å². The molecule has 2 aromatic rings. The summed E-state index contributed by atoms with van der Waals surface area (Å²) in [6.07, 6.45) is 1.30. The summed E-state index contributed by atoms with van der Waals surface area (Å²) in [6, 6.07) is 8.50. The molecule has 1 N–H and O–H groups in total. The highest BCUT2D eigenvalue weighted by Crippen LogP contribution is 2.20. The highest BCUT2D eigenvalue weighted by Gasteiger charge is 2.20. The van der Waals surface area contributed by atoms with Crippen LogP contribution in [-0.4, -0.2) is 21.2 Å². The van der Waals surface area contributed by atoms with E-state index in [2.05, 4.69) is 10.3 Å². The predicted molar refractivity (Wildman–Crippen MR) is 78.3 cm³/mol. The summed E-state index contributed by atoms with van der Waals surface area (Å²) < 4.78 is 1.51. The van der Waals surface area contributed by atoms with Crippen LogP contribution in [0.1, 0.15) is 15.9 Å². The summed E-state index contributed by atoms with van der Waals surface area (Å²) >= 11 is 1.50. The number of rotatable bonds is 2. The summed E-state index contributed by atoms with van der Waals surface area (Å²) in [6.45, 7) is 0.566. The average Bonchev–Trinajstić information content (AvgIpc) is 2.97. The van der Waals surface area contributed by atoms with Gasteiger partial charge >= 0.3 is 0 Å². The van der Waals surface area contributed by atoms with Gasteiger partial charge in [-0.05, 0) is 18.2 Å². The molecule has 1 amide bonds. The first-order chi connectivity index (χ1) is 10.2. The maximum Gasteiger partial charge on any atom is 0.267 e. The maximum atomic E-state index is 12.2. The molecule has 0 atom stereocenters. The number of nitrogens with zero attached hydrogens (tertiary/aromatic N) is 3. The second-order valence-electron chi connectivity index (χ2n) is 4.41. The Kier molecular flexibility index (Phi) is 3.46. The van der Waals surface area contributed by atoms with Gasteiger partial charge in [-0.1, -0.05) is 17.8 Å². The SMILES string of the molecule is N#Cc1cccc(NC(=O)c2cnc3n(c2=O)CCS3)c1. The highest BCUT2D eigenvalue weighted by atomic mass is 32.2. The lowest BCUT2D eigenvalue weighted by Gasteiger charge is -2.07. The van der Waals surface area contributed by atoms with E-state index in [0.717, 1.165) is 5.75 Å². The van der Waals surface area contributed by atoms with Crippen LogP contribution in [0.2, 0.25) is 0 Å². The minimum Gasteiger partial charge on any atom is -0.322 e. The zero-order valence-corrected chi connectivity index (χ0v) is 11.7. The maximum absolute atomic E-state index is 12.2. The third kappa shape index (κ3) is 2.53. The van der Waals surface area contributed by atoms with E-state index in [1.54, 1.807) is 24.3 Å². The van der Waals surface area contributed by atoms with Crippen LogP contribution < -0.4 is 10.9 Å². The fourth-order valence-electron chi connectivity index (χ4n) is 2.04. The molecule has 21 heavy (non-hydrogen) atoms. The summed E-state index contributed by atoms with van der Waals surface area (Å²) in [4.78, 5) is 28.5. The van der Waals surface area contributed by atoms with Crippen molar-refractivity contribution in [2.24, 2.45) is 0 Å². The van der Waals surface area contributed by atoms with E-state index < -0.39 is 5.91 Å². The number of carbonyl (C=O) groups excluding carboxylic acids is 1. The van der Waals surface area contributed by atoms with Gasteiger partial charge in [-0.2, -0.15) is 5.26 Å². The molecule has 1 aromatic heterocycles. The average molecular weight is 298 g/mol. The number of hydrogen-bond donors (Lipinski definition) is 1. The second kappa shape index (κ2) is 5.42. The second-order valence-corrected chi connectivity index (χ2v) is 5.47. The molecule has 1 aliphatic heterocycles. The monoisotopic (exact) mass is 298 g/mol. The largest absolute Gasteiger partial charge is 0.322 e. The van der Waals surface area contributed by atoms with Crippen molar-refractivity contribution in [3.05, 3.63) is 51.9 Å². The summed E-state index contributed by atoms with van der Waals surface area (Å²) in [5.41, 5.74) is 0.578. The van der Waals surface area contributed by atoms with E-state index in [-0.39, 0.29) is 11.1 Å². The van der Waals surface area contributed by atoms with Crippen LogP contribution in [0.15, 0.2) is 40.4 Å². The van der Waals surface area contributed by atoms with E-state index in [4.69, 9.17) is 5.26 Å². The van der Waals surface area contributed by atoms with E-state index in [9.17, 15) is 9.59 Å². The van der Waals surface area contributed by atoms with Gasteiger partial charge in [-0.3, -0.25) is 14.2 Å². The van der Waals surface area contributed by atoms with Crippen molar-refractivity contribution in [3.63, 3.8) is 0 Å². The summed E-state index contributed by atoms with van der Waals surface area (Å²) in [7, 11) is 0. The van der Waals surface area contributed by atoms with Crippen LogP contribution in [0.25, 0.3) is 0 Å². The fraction of sp³-hybridized carbons (Fsp3) is 0.143. The Morgan fingerprint density at radius 1 is 1.48 bits per heavy atom. The normalized spacial score (nSPS) is 12.5. The van der Waals surface area contributed by atoms with E-state index >= 15 is 0 Å². The Balaban J connectivity index is 1.90. The Morgan fingerprint density at radius 2 is 2.33 bits per heavy atom. The molecule has 3 rings (SSSR count). The number of amides is 1. The van der Waals surface area contributed by atoms with E-state index in [0.29, 0.717) is 23.0 Å². The molecule has 0 radical (unpaired) electrons. The Morgan fingerprint density at radius 3 is 3.14 bits per heavy atom. The van der Waals surface area contributed by atoms with Crippen LogP contribution in [0.3, 0.4) is 0 Å². The predicted octanol–water partition coefficient (Wildman–Crippen LogP) is 1.47. The minimum atomic E-state index is -0.519. The number of hydrogen-bond acceptors (Lipinski definition) is 5. The van der Waals surface area contributed by atoms with Crippen LogP contribution >= 0.6 is 11.8 Å². The Bertz CT molecular complexity index is 822. The quantitative estimate of drug-likeness (QED) is 0.848. The lowest BCUT2D eigenvalue weighted by atomic mass is 10.2. The van der Waals surface area contributed by atoms with Crippen molar-refractivity contribution in [3.8, 4) is 6.07 Å². The van der Waals surface area contributed by atoms with Crippen molar-refractivity contribution in [1.29, 1.82) is 5.26 Å². The molecular formula is C14H10N4O2S. The van der Waals surface area contributed by atoms with Gasteiger partial charge in [-0.15, -0.1) is 0 Å². The molecule has 0 aliphatic carbocycles. The number of carbonyl (C=O) groups is 1. The first-order valence-electron chi connectivity index (χ1n) is 6.23. The number of nitriles is 1. The van der Waals surface area contributed by atoms with Crippen LogP contribution in [0, 0.1) is 11.3 Å². The summed E-state index contributed by atoms with van der Waals surface area (Å²) in [5, 5.41) is 12.1. The first kappa shape index (κ1) is 13.4. The number of aromatic nitrogens is 2. The zero-order chi connectivity index (χ0) is 14.8. The minimum absolute atomic E-state index is 0.00334. The highest BCUT2D eigenvalue weighted by molar-refractivity contribution is 7.99. The molecule has 0 fully saturated rings. The molecule has 6 nitrogen and oxygen atoms in total. The number of nitrogens with one attached hydrogen (secondary N) is 1. The number of thioether (sulfide) groups is 1. The van der Waals surface area contributed by atoms with Crippen molar-refractivity contribution in [2.75, 3.05) is 11.1 Å². The Labute approximate surface area is 124 Å². The number of anilines is 1. The van der Waals surface area contributed by atoms with Gasteiger partial charge in [0.05, 0.1) is 11.6 Å². The van der Waals surface area contributed by atoms with Crippen molar-refractivity contribution in [2.45, 2.75) is 11.7 Å². The lowest BCUT2D eigenvalue weighted by molar-refractivity contribution is 0.102. The fourth-order valence-corrected chi connectivity index (χ4v) is 2.95. The van der Waals surface area contributed by atoms with Crippen molar-refractivity contribution >= 4 is 23.4 Å². The third-order valence-electron chi connectivity index (χ3n) is 3.05. The molecule has 104 valence electrons. The standard InChI is InChI=1S/C14H10N4O2S/c15-7-9-2-1-3-10(6-9)17-12(19)11-8-16-14-18(13(11)20)4-5-21-14/h1-3,6,8H,4-5H2,(H,17,19). The molecular weight excluding hydrogens is 288 g/mol. The molecule has 0 saturated carbocycles. The molecule has 1 aliphatic rings. The molecule has 0 saturated heterocycles. The topological polar surface area (TPSA) is 87.8 Å². The smallest absolute Gasteiger partial charge is 0.267 e. The zero-order valence-electron chi connectivity index (χ0n) is 10.9. The lowest BCUT2D eigenvalue weighted by Crippen LogP contribution is -2.29. The van der Waals surface area contributed by atoms with Gasteiger partial charge in [-0.25, -0.2) is 4.98 Å². The first-order valence-corrected chi connectivity index (χ1v) is 7.22. The number of fused-ring (bicyclic) bond motifs is 1.